The summed E-state index contributed by atoms with van der Waals surface area (Å²) in [4.78, 5) is 4.61. The van der Waals surface area contributed by atoms with Crippen molar-refractivity contribution in [1.82, 2.24) is 0 Å². The van der Waals surface area contributed by atoms with Crippen molar-refractivity contribution in [3.05, 3.63) is 217 Å². The Hall–Kier alpha value is -6.38. The average Bonchev–Trinajstić information content (AvgIpc) is 3.17. The minimum atomic E-state index is 1.13. The molecule has 0 heterocycles. The van der Waals surface area contributed by atoms with Gasteiger partial charge in [-0.2, -0.15) is 0 Å². The first-order chi connectivity index (χ1) is 24.6. The van der Waals surface area contributed by atoms with Gasteiger partial charge >= 0.3 is 0 Å². The van der Waals surface area contributed by atoms with Crippen molar-refractivity contribution in [1.29, 1.82) is 0 Å². The second kappa shape index (κ2) is 15.2. The predicted octanol–water partition coefficient (Wildman–Crippen LogP) is 13.7. The van der Waals surface area contributed by atoms with Gasteiger partial charge in [0.25, 0.3) is 0 Å². The Morgan fingerprint density at radius 2 is 0.560 bits per heavy atom. The van der Waals surface area contributed by atoms with E-state index >= 15 is 0 Å². The fourth-order valence-corrected chi connectivity index (χ4v) is 6.32. The van der Waals surface area contributed by atoms with Gasteiger partial charge in [0.15, 0.2) is 0 Å². The SMILES string of the molecule is Cc1cccc(N(c2ccccc2)c2ccc(-c3ccc(N(c4ccccc4)c4cccc(C)c4)cc3)cc2)c1.c1ccc2ccccc2c1. The third-order valence-electron chi connectivity index (χ3n) is 8.79. The summed E-state index contributed by atoms with van der Waals surface area (Å²) in [6.07, 6.45) is 0. The molecule has 2 heteroatoms. The van der Waals surface area contributed by atoms with Gasteiger partial charge in [0.05, 0.1) is 0 Å². The number of para-hydroxylation sites is 2. The number of fused-ring (bicyclic) bond motifs is 1. The first kappa shape index (κ1) is 32.2. The van der Waals surface area contributed by atoms with E-state index in [1.165, 1.54) is 33.0 Å². The number of hydrogen-bond donors (Lipinski definition) is 0. The van der Waals surface area contributed by atoms with Crippen LogP contribution in [0.3, 0.4) is 0 Å². The maximum absolute atomic E-state index is 2.31. The van der Waals surface area contributed by atoms with Gasteiger partial charge in [0.2, 0.25) is 0 Å². The van der Waals surface area contributed by atoms with Gasteiger partial charge in [0, 0.05) is 34.1 Å². The van der Waals surface area contributed by atoms with E-state index in [0.717, 1.165) is 34.1 Å². The second-order valence-electron chi connectivity index (χ2n) is 12.5. The van der Waals surface area contributed by atoms with Crippen LogP contribution in [0.2, 0.25) is 0 Å². The van der Waals surface area contributed by atoms with Crippen LogP contribution in [0.15, 0.2) is 206 Å². The van der Waals surface area contributed by atoms with E-state index < -0.39 is 0 Å². The lowest BCUT2D eigenvalue weighted by Gasteiger charge is -2.26. The standard InChI is InChI=1S/C38H32N2.C10H8/c1-29-11-9-17-37(27-29)39(33-13-5-3-6-14-33)35-23-19-31(20-24-35)32-21-25-36(26-22-32)40(34-15-7-4-8-16-34)38-18-10-12-30(2)28-38;1-2-6-10-8-4-3-7-9(10)5-1/h3-28H,1-2H3;1-8H. The lowest BCUT2D eigenvalue weighted by molar-refractivity contribution is 1.27. The van der Waals surface area contributed by atoms with Gasteiger partial charge in [-0.05, 0) is 120 Å². The quantitative estimate of drug-likeness (QED) is 0.170. The molecule has 0 aliphatic carbocycles. The molecule has 0 saturated heterocycles. The molecule has 0 bridgehead atoms. The molecule has 2 nitrogen and oxygen atoms in total. The normalized spacial score (nSPS) is 10.6. The summed E-state index contributed by atoms with van der Waals surface area (Å²) in [6.45, 7) is 4.27. The highest BCUT2D eigenvalue weighted by atomic mass is 15.1. The third-order valence-corrected chi connectivity index (χ3v) is 8.79. The highest BCUT2D eigenvalue weighted by molar-refractivity contribution is 5.82. The summed E-state index contributed by atoms with van der Waals surface area (Å²) < 4.78 is 0. The molecule has 0 spiro atoms. The Balaban J connectivity index is 0.000000334. The maximum Gasteiger partial charge on any atom is 0.0464 e. The zero-order chi connectivity index (χ0) is 34.1. The lowest BCUT2D eigenvalue weighted by atomic mass is 10.0. The van der Waals surface area contributed by atoms with E-state index in [1.54, 1.807) is 0 Å². The van der Waals surface area contributed by atoms with E-state index in [0.29, 0.717) is 0 Å². The second-order valence-corrected chi connectivity index (χ2v) is 12.5. The number of aryl methyl sites for hydroxylation is 2. The minimum absolute atomic E-state index is 1.13. The lowest BCUT2D eigenvalue weighted by Crippen LogP contribution is -2.10. The fourth-order valence-electron chi connectivity index (χ4n) is 6.32. The van der Waals surface area contributed by atoms with Crippen molar-refractivity contribution in [2.75, 3.05) is 9.80 Å². The van der Waals surface area contributed by atoms with E-state index in [4.69, 9.17) is 0 Å². The van der Waals surface area contributed by atoms with Crippen molar-refractivity contribution in [3.63, 3.8) is 0 Å². The molecular weight excluding hydrogens is 605 g/mol. The van der Waals surface area contributed by atoms with E-state index in [2.05, 4.69) is 230 Å². The van der Waals surface area contributed by atoms with Crippen LogP contribution in [0.25, 0.3) is 21.9 Å². The summed E-state index contributed by atoms with van der Waals surface area (Å²) >= 11 is 0. The van der Waals surface area contributed by atoms with Crippen molar-refractivity contribution < 1.29 is 0 Å². The number of benzene rings is 8. The first-order valence-electron chi connectivity index (χ1n) is 17.1. The number of rotatable bonds is 7. The largest absolute Gasteiger partial charge is 0.310 e. The van der Waals surface area contributed by atoms with Gasteiger partial charge in [-0.25, -0.2) is 0 Å². The van der Waals surface area contributed by atoms with Gasteiger partial charge in [0.1, 0.15) is 0 Å². The van der Waals surface area contributed by atoms with Crippen molar-refractivity contribution >= 4 is 44.9 Å². The Morgan fingerprint density at radius 3 is 0.900 bits per heavy atom. The van der Waals surface area contributed by atoms with E-state index in [9.17, 15) is 0 Å². The highest BCUT2D eigenvalue weighted by Crippen LogP contribution is 2.38. The smallest absolute Gasteiger partial charge is 0.0464 e. The van der Waals surface area contributed by atoms with E-state index in [-0.39, 0.29) is 0 Å². The van der Waals surface area contributed by atoms with Crippen molar-refractivity contribution in [3.8, 4) is 11.1 Å². The first-order valence-corrected chi connectivity index (χ1v) is 17.1. The van der Waals surface area contributed by atoms with Crippen LogP contribution < -0.4 is 9.80 Å². The van der Waals surface area contributed by atoms with Crippen LogP contribution in [0, 0.1) is 13.8 Å². The topological polar surface area (TPSA) is 6.48 Å². The molecule has 0 atom stereocenters. The summed E-state index contributed by atoms with van der Waals surface area (Å²) in [7, 11) is 0. The fraction of sp³-hybridized carbons (Fsp3) is 0.0417. The molecule has 8 aromatic rings. The summed E-state index contributed by atoms with van der Waals surface area (Å²) in [6, 6.07) is 72.8. The molecule has 0 fully saturated rings. The molecule has 0 N–H and O–H groups in total. The van der Waals surface area contributed by atoms with Crippen LogP contribution in [0.5, 0.6) is 0 Å². The van der Waals surface area contributed by atoms with Gasteiger partial charge < -0.3 is 9.80 Å². The maximum atomic E-state index is 2.31. The Morgan fingerprint density at radius 1 is 0.260 bits per heavy atom. The van der Waals surface area contributed by atoms with Crippen LogP contribution >= 0.6 is 0 Å². The van der Waals surface area contributed by atoms with Gasteiger partial charge in [-0.1, -0.05) is 133 Å². The molecule has 8 aromatic carbocycles. The van der Waals surface area contributed by atoms with E-state index in [1.807, 2.05) is 0 Å². The Labute approximate surface area is 296 Å². The molecule has 50 heavy (non-hydrogen) atoms. The molecule has 0 aliphatic heterocycles. The molecule has 8 rings (SSSR count). The molecule has 0 aliphatic rings. The molecule has 0 aromatic heterocycles. The van der Waals surface area contributed by atoms with Gasteiger partial charge in [-0.15, -0.1) is 0 Å². The molecule has 0 amide bonds. The minimum Gasteiger partial charge on any atom is -0.310 e. The predicted molar refractivity (Wildman–Crippen MR) is 215 cm³/mol. The van der Waals surface area contributed by atoms with Crippen molar-refractivity contribution in [2.45, 2.75) is 13.8 Å². The molecule has 0 saturated carbocycles. The summed E-state index contributed by atoms with van der Waals surface area (Å²) in [5.41, 5.74) is 11.7. The zero-order valence-corrected chi connectivity index (χ0v) is 28.5. The van der Waals surface area contributed by atoms with Crippen LogP contribution in [0.1, 0.15) is 11.1 Å². The molecule has 242 valence electrons. The number of nitrogens with zero attached hydrogens (tertiary/aromatic N) is 2. The monoisotopic (exact) mass is 644 g/mol. The van der Waals surface area contributed by atoms with Crippen molar-refractivity contribution in [2.24, 2.45) is 0 Å². The third kappa shape index (κ3) is 7.51. The molecule has 0 radical (unpaired) electrons. The number of anilines is 6. The highest BCUT2D eigenvalue weighted by Gasteiger charge is 2.14. The Bertz CT molecular complexity index is 2080. The van der Waals surface area contributed by atoms with Crippen LogP contribution in [-0.4, -0.2) is 0 Å². The molecular formula is C48H40N2. The summed E-state index contributed by atoms with van der Waals surface area (Å²) in [5, 5.41) is 2.62. The Kier molecular flexibility index (Phi) is 9.80. The average molecular weight is 645 g/mol. The number of hydrogen-bond acceptors (Lipinski definition) is 2. The van der Waals surface area contributed by atoms with Crippen LogP contribution in [0.4, 0.5) is 34.1 Å². The summed E-state index contributed by atoms with van der Waals surface area (Å²) in [5.74, 6) is 0. The zero-order valence-electron chi connectivity index (χ0n) is 28.5. The van der Waals surface area contributed by atoms with Crippen LogP contribution in [-0.2, 0) is 0 Å². The molecule has 0 unspecified atom stereocenters. The van der Waals surface area contributed by atoms with Gasteiger partial charge in [-0.3, -0.25) is 0 Å².